The molecule has 0 saturated carbocycles. The van der Waals surface area contributed by atoms with Crippen molar-refractivity contribution in [1.82, 2.24) is 9.55 Å². The van der Waals surface area contributed by atoms with Gasteiger partial charge in [0.25, 0.3) is 0 Å². The van der Waals surface area contributed by atoms with Gasteiger partial charge in [0.1, 0.15) is 11.9 Å². The second-order valence-corrected chi connectivity index (χ2v) is 5.05. The molecule has 1 aromatic carbocycles. The average molecular weight is 309 g/mol. The fraction of sp³-hybridized carbons (Fsp3) is 0.333. The maximum absolute atomic E-state index is 11.1. The summed E-state index contributed by atoms with van der Waals surface area (Å²) >= 11 is 5.84. The van der Waals surface area contributed by atoms with Crippen molar-refractivity contribution in [3.05, 3.63) is 53.1 Å². The molecule has 112 valence electrons. The van der Waals surface area contributed by atoms with Gasteiger partial charge in [0.2, 0.25) is 0 Å². The number of methoxy groups -OCH3 is 1. The number of aliphatic hydroxyl groups excluding tert-OH is 1. The first-order valence-corrected chi connectivity index (χ1v) is 7.01. The number of rotatable bonds is 6. The number of aryl methyl sites for hydroxylation is 1. The number of aliphatic hydroxyl groups is 1. The van der Waals surface area contributed by atoms with Crippen LogP contribution in [0.4, 0.5) is 0 Å². The van der Waals surface area contributed by atoms with E-state index >= 15 is 0 Å². The molecule has 1 heterocycles. The predicted molar refractivity (Wildman–Crippen MR) is 79.0 cm³/mol. The quantitative estimate of drug-likeness (QED) is 0.833. The molecule has 0 fully saturated rings. The third-order valence-electron chi connectivity index (χ3n) is 3.19. The molecule has 1 unspecified atom stereocenters. The zero-order valence-electron chi connectivity index (χ0n) is 11.7. The van der Waals surface area contributed by atoms with Gasteiger partial charge in [0.05, 0.1) is 7.11 Å². The highest BCUT2D eigenvalue weighted by atomic mass is 35.5. The first-order valence-electron chi connectivity index (χ1n) is 6.63. The Morgan fingerprint density at radius 2 is 2.14 bits per heavy atom. The number of imidazole rings is 1. The molecular formula is C15H17ClN2O3. The number of carbonyl (C=O) groups excluding carboxylic acids is 1. The topological polar surface area (TPSA) is 64.4 Å². The Labute approximate surface area is 128 Å². The summed E-state index contributed by atoms with van der Waals surface area (Å²) in [4.78, 5) is 15.3. The number of aromatic nitrogens is 2. The molecule has 0 saturated heterocycles. The van der Waals surface area contributed by atoms with E-state index in [2.05, 4.69) is 9.72 Å². The zero-order valence-corrected chi connectivity index (χ0v) is 12.5. The van der Waals surface area contributed by atoms with Gasteiger partial charge in [-0.15, -0.1) is 0 Å². The molecule has 2 rings (SSSR count). The summed E-state index contributed by atoms with van der Waals surface area (Å²) in [6.07, 6.45) is 3.56. The van der Waals surface area contributed by atoms with Crippen LogP contribution >= 0.6 is 11.6 Å². The standard InChI is InChI=1S/C15H17ClN2O3/c1-21-13(19)3-2-9-18-10-8-17-15(18)14(20)11-4-6-12(16)7-5-11/h4-8,10,14,20H,2-3,9H2,1H3. The molecule has 0 bridgehead atoms. The maximum atomic E-state index is 11.1. The summed E-state index contributed by atoms with van der Waals surface area (Å²) in [6, 6.07) is 6.98. The molecule has 0 spiro atoms. The van der Waals surface area contributed by atoms with E-state index in [1.807, 2.05) is 4.57 Å². The van der Waals surface area contributed by atoms with E-state index in [1.165, 1.54) is 7.11 Å². The van der Waals surface area contributed by atoms with Gasteiger partial charge >= 0.3 is 5.97 Å². The van der Waals surface area contributed by atoms with Crippen LogP contribution in [0.15, 0.2) is 36.7 Å². The minimum Gasteiger partial charge on any atom is -0.469 e. The minimum absolute atomic E-state index is 0.241. The number of nitrogens with zero attached hydrogens (tertiary/aromatic N) is 2. The number of benzene rings is 1. The van der Waals surface area contributed by atoms with E-state index in [4.69, 9.17) is 11.6 Å². The van der Waals surface area contributed by atoms with E-state index < -0.39 is 6.10 Å². The van der Waals surface area contributed by atoms with Gasteiger partial charge in [-0.2, -0.15) is 0 Å². The van der Waals surface area contributed by atoms with Crippen LogP contribution in [0.5, 0.6) is 0 Å². The van der Waals surface area contributed by atoms with Gasteiger partial charge in [0, 0.05) is 30.4 Å². The molecule has 21 heavy (non-hydrogen) atoms. The number of ether oxygens (including phenoxy) is 1. The molecule has 6 heteroatoms. The highest BCUT2D eigenvalue weighted by Crippen LogP contribution is 2.22. The highest BCUT2D eigenvalue weighted by molar-refractivity contribution is 6.30. The monoisotopic (exact) mass is 308 g/mol. The van der Waals surface area contributed by atoms with Gasteiger partial charge in [-0.1, -0.05) is 23.7 Å². The van der Waals surface area contributed by atoms with Gasteiger partial charge in [-0.05, 0) is 24.1 Å². The Bertz CT molecular complexity index is 595. The van der Waals surface area contributed by atoms with Crippen molar-refractivity contribution in [2.45, 2.75) is 25.5 Å². The van der Waals surface area contributed by atoms with Crippen molar-refractivity contribution < 1.29 is 14.6 Å². The smallest absolute Gasteiger partial charge is 0.305 e. The summed E-state index contributed by atoms with van der Waals surface area (Å²) in [6.45, 7) is 0.592. The molecule has 1 aromatic heterocycles. The molecule has 0 radical (unpaired) electrons. The van der Waals surface area contributed by atoms with Gasteiger partial charge in [0.15, 0.2) is 0 Å². The van der Waals surface area contributed by atoms with Crippen LogP contribution in [0.3, 0.4) is 0 Å². The van der Waals surface area contributed by atoms with Crippen molar-refractivity contribution in [2.24, 2.45) is 0 Å². The number of hydrogen-bond donors (Lipinski definition) is 1. The van der Waals surface area contributed by atoms with Crippen molar-refractivity contribution in [1.29, 1.82) is 0 Å². The van der Waals surface area contributed by atoms with E-state index in [-0.39, 0.29) is 5.97 Å². The second kappa shape index (κ2) is 7.24. The number of hydrogen-bond acceptors (Lipinski definition) is 4. The molecule has 1 N–H and O–H groups in total. The second-order valence-electron chi connectivity index (χ2n) is 4.61. The van der Waals surface area contributed by atoms with E-state index in [0.29, 0.717) is 30.2 Å². The van der Waals surface area contributed by atoms with Crippen molar-refractivity contribution in [2.75, 3.05) is 7.11 Å². The average Bonchev–Trinajstić information content (AvgIpc) is 2.95. The summed E-state index contributed by atoms with van der Waals surface area (Å²) in [5, 5.41) is 11.0. The molecule has 0 amide bonds. The molecular weight excluding hydrogens is 292 g/mol. The van der Waals surface area contributed by atoms with Crippen LogP contribution in [0.1, 0.15) is 30.3 Å². The molecule has 1 atom stereocenters. The van der Waals surface area contributed by atoms with Crippen LogP contribution in [0.25, 0.3) is 0 Å². The van der Waals surface area contributed by atoms with Gasteiger partial charge < -0.3 is 14.4 Å². The van der Waals surface area contributed by atoms with Crippen LogP contribution < -0.4 is 0 Å². The summed E-state index contributed by atoms with van der Waals surface area (Å²) in [5.74, 6) is 0.303. The van der Waals surface area contributed by atoms with Crippen LogP contribution in [-0.4, -0.2) is 27.7 Å². The molecule has 5 nitrogen and oxygen atoms in total. The Balaban J connectivity index is 2.05. The van der Waals surface area contributed by atoms with E-state index in [9.17, 15) is 9.90 Å². The van der Waals surface area contributed by atoms with Crippen molar-refractivity contribution >= 4 is 17.6 Å². The fourth-order valence-corrected chi connectivity index (χ4v) is 2.17. The number of carbonyl (C=O) groups is 1. The lowest BCUT2D eigenvalue weighted by molar-refractivity contribution is -0.140. The lowest BCUT2D eigenvalue weighted by Crippen LogP contribution is -2.11. The third-order valence-corrected chi connectivity index (χ3v) is 3.44. The van der Waals surface area contributed by atoms with Crippen molar-refractivity contribution in [3.8, 4) is 0 Å². The Morgan fingerprint density at radius 1 is 1.43 bits per heavy atom. The minimum atomic E-state index is -0.824. The van der Waals surface area contributed by atoms with Crippen LogP contribution in [-0.2, 0) is 16.1 Å². The predicted octanol–water partition coefficient (Wildman–Crippen LogP) is 2.57. The Hall–Kier alpha value is -1.85. The van der Waals surface area contributed by atoms with E-state index in [1.54, 1.807) is 36.7 Å². The largest absolute Gasteiger partial charge is 0.469 e. The van der Waals surface area contributed by atoms with Crippen molar-refractivity contribution in [3.63, 3.8) is 0 Å². The Kier molecular flexibility index (Phi) is 5.36. The molecule has 2 aromatic rings. The lowest BCUT2D eigenvalue weighted by atomic mass is 10.1. The first kappa shape index (κ1) is 15.5. The maximum Gasteiger partial charge on any atom is 0.305 e. The Morgan fingerprint density at radius 3 is 2.81 bits per heavy atom. The highest BCUT2D eigenvalue weighted by Gasteiger charge is 2.16. The van der Waals surface area contributed by atoms with Crippen LogP contribution in [0, 0.1) is 0 Å². The first-order chi connectivity index (χ1) is 10.1. The normalized spacial score (nSPS) is 12.1. The molecule has 0 aliphatic heterocycles. The summed E-state index contributed by atoms with van der Waals surface area (Å²) in [7, 11) is 1.37. The fourth-order valence-electron chi connectivity index (χ4n) is 2.05. The number of halogens is 1. The van der Waals surface area contributed by atoms with E-state index in [0.717, 1.165) is 5.56 Å². The SMILES string of the molecule is COC(=O)CCCn1ccnc1C(O)c1ccc(Cl)cc1. The third kappa shape index (κ3) is 4.06. The van der Waals surface area contributed by atoms with Gasteiger partial charge in [-0.3, -0.25) is 4.79 Å². The lowest BCUT2D eigenvalue weighted by Gasteiger charge is -2.13. The van der Waals surface area contributed by atoms with Gasteiger partial charge in [-0.25, -0.2) is 4.98 Å². The summed E-state index contributed by atoms with van der Waals surface area (Å²) in [5.41, 5.74) is 0.722. The molecule has 0 aliphatic rings. The van der Waals surface area contributed by atoms with Crippen LogP contribution in [0.2, 0.25) is 5.02 Å². The molecule has 0 aliphatic carbocycles. The zero-order chi connectivity index (χ0) is 15.2. The summed E-state index contributed by atoms with van der Waals surface area (Å²) < 4.78 is 6.44. The number of esters is 1.